The molecule has 130 valence electrons. The van der Waals surface area contributed by atoms with Gasteiger partial charge >= 0.3 is 0 Å². The maximum absolute atomic E-state index is 11.5. The Morgan fingerprint density at radius 1 is 1.09 bits per heavy atom. The smallest absolute Gasteiger partial charge is 0.262 e. The van der Waals surface area contributed by atoms with Gasteiger partial charge in [0.2, 0.25) is 0 Å². The molecule has 0 aliphatic rings. The molecule has 3 heteroatoms. The van der Waals surface area contributed by atoms with Gasteiger partial charge in [-0.25, -0.2) is 0 Å². The molecule has 0 aromatic heterocycles. The molecule has 23 heavy (non-hydrogen) atoms. The van der Waals surface area contributed by atoms with Crippen LogP contribution in [-0.4, -0.2) is 11.3 Å². The maximum Gasteiger partial charge on any atom is 0.262 e. The third kappa shape index (κ3) is 4.73. The second kappa shape index (κ2) is 7.70. The summed E-state index contributed by atoms with van der Waals surface area (Å²) in [7, 11) is 0. The molecule has 0 bridgehead atoms. The first-order valence-corrected chi connectivity index (χ1v) is 8.97. The van der Waals surface area contributed by atoms with Crippen molar-refractivity contribution in [3.63, 3.8) is 0 Å². The lowest BCUT2D eigenvalue weighted by Crippen LogP contribution is -2.26. The molecule has 0 amide bonds. The maximum atomic E-state index is 11.5. The van der Waals surface area contributed by atoms with Gasteiger partial charge in [0.1, 0.15) is 5.75 Å². The van der Waals surface area contributed by atoms with Gasteiger partial charge in [0.15, 0.2) is 6.10 Å². The van der Waals surface area contributed by atoms with Crippen LogP contribution in [-0.2, 0) is 15.6 Å². The van der Waals surface area contributed by atoms with Gasteiger partial charge in [-0.2, -0.15) is 0 Å². The molecule has 0 aliphatic carbocycles. The Hall–Kier alpha value is -1.02. The van der Waals surface area contributed by atoms with Crippen LogP contribution in [0.3, 0.4) is 0 Å². The van der Waals surface area contributed by atoms with Crippen LogP contribution >= 0.6 is 11.6 Å². The number of rotatable bonds is 8. The average Bonchev–Trinajstić information content (AvgIpc) is 2.51. The van der Waals surface area contributed by atoms with Gasteiger partial charge in [-0.05, 0) is 53.3 Å². The van der Waals surface area contributed by atoms with Crippen LogP contribution in [0.1, 0.15) is 78.9 Å². The van der Waals surface area contributed by atoms with Gasteiger partial charge < -0.3 is 4.74 Å². The molecule has 1 aromatic carbocycles. The van der Waals surface area contributed by atoms with E-state index in [1.807, 2.05) is 13.0 Å². The molecule has 0 aliphatic heterocycles. The summed E-state index contributed by atoms with van der Waals surface area (Å²) in [5.41, 5.74) is 2.54. The summed E-state index contributed by atoms with van der Waals surface area (Å²) in [5, 5.41) is -0.439. The number of carbonyl (C=O) groups excluding carboxylic acids is 1. The number of benzene rings is 1. The van der Waals surface area contributed by atoms with E-state index >= 15 is 0 Å². The third-order valence-electron chi connectivity index (χ3n) is 5.15. The van der Waals surface area contributed by atoms with Crippen molar-refractivity contribution in [3.8, 4) is 5.75 Å². The fourth-order valence-electron chi connectivity index (χ4n) is 2.42. The topological polar surface area (TPSA) is 26.3 Å². The highest BCUT2D eigenvalue weighted by Gasteiger charge is 2.28. The van der Waals surface area contributed by atoms with Crippen LogP contribution in [0.4, 0.5) is 0 Å². The zero-order valence-electron chi connectivity index (χ0n) is 15.6. The highest BCUT2D eigenvalue weighted by Crippen LogP contribution is 2.39. The van der Waals surface area contributed by atoms with Crippen molar-refractivity contribution in [1.82, 2.24) is 0 Å². The normalized spacial score (nSPS) is 13.7. The van der Waals surface area contributed by atoms with E-state index in [4.69, 9.17) is 16.3 Å². The molecule has 0 N–H and O–H groups in total. The summed E-state index contributed by atoms with van der Waals surface area (Å²) in [6.45, 7) is 15.2. The lowest BCUT2D eigenvalue weighted by molar-refractivity contribution is -0.118. The Morgan fingerprint density at radius 2 is 1.65 bits per heavy atom. The van der Waals surface area contributed by atoms with E-state index in [9.17, 15) is 4.79 Å². The van der Waals surface area contributed by atoms with Crippen LogP contribution < -0.4 is 4.74 Å². The quantitative estimate of drug-likeness (QED) is 0.544. The predicted octanol–water partition coefficient (Wildman–Crippen LogP) is 5.98. The molecular weight excluding hydrogens is 308 g/mol. The molecule has 0 heterocycles. The molecule has 0 saturated carbocycles. The fourth-order valence-corrected chi connectivity index (χ4v) is 2.62. The van der Waals surface area contributed by atoms with Crippen molar-refractivity contribution < 1.29 is 9.53 Å². The minimum atomic E-state index is -0.590. The molecule has 1 aromatic rings. The van der Waals surface area contributed by atoms with E-state index < -0.39 is 11.3 Å². The number of halogens is 1. The second-order valence-corrected chi connectivity index (χ2v) is 7.88. The van der Waals surface area contributed by atoms with Crippen molar-refractivity contribution >= 4 is 16.8 Å². The Morgan fingerprint density at radius 3 is 2.09 bits per heavy atom. The first kappa shape index (κ1) is 20.0. The van der Waals surface area contributed by atoms with E-state index in [0.29, 0.717) is 6.42 Å². The van der Waals surface area contributed by atoms with Gasteiger partial charge in [-0.15, -0.1) is 0 Å². The van der Waals surface area contributed by atoms with E-state index in [-0.39, 0.29) is 10.8 Å². The summed E-state index contributed by atoms with van der Waals surface area (Å²) in [5.74, 6) is 0.772. The first-order chi connectivity index (χ1) is 10.6. The SMILES string of the molecule is CC[C@H](Oc1ccc(C(C)(C)CC)cc1C(C)(C)CC)C(=O)Cl. The standard InChI is InChI=1S/C20H31ClO2/c1-8-16(18(21)22)23-17-12-11-14(19(4,5)9-2)13-15(17)20(6,7)10-3/h11-13,16H,8-10H2,1-7H3/t16-/m0/s1. The summed E-state index contributed by atoms with van der Waals surface area (Å²) >= 11 is 5.66. The van der Waals surface area contributed by atoms with Gasteiger partial charge in [-0.3, -0.25) is 4.79 Å². The summed E-state index contributed by atoms with van der Waals surface area (Å²) < 4.78 is 5.96. The Labute approximate surface area is 146 Å². The van der Waals surface area contributed by atoms with Crippen LogP contribution in [0, 0.1) is 0 Å². The molecule has 0 radical (unpaired) electrons. The number of hydrogen-bond donors (Lipinski definition) is 0. The number of carbonyl (C=O) groups is 1. The fraction of sp³-hybridized carbons (Fsp3) is 0.650. The second-order valence-electron chi connectivity index (χ2n) is 7.50. The monoisotopic (exact) mass is 338 g/mol. The van der Waals surface area contributed by atoms with Crippen molar-refractivity contribution in [3.05, 3.63) is 29.3 Å². The summed E-state index contributed by atoms with van der Waals surface area (Å²) in [6.07, 6.45) is 2.03. The lowest BCUT2D eigenvalue weighted by Gasteiger charge is -2.31. The largest absolute Gasteiger partial charge is 0.481 e. The van der Waals surface area contributed by atoms with Crippen molar-refractivity contribution in [2.24, 2.45) is 0 Å². The van der Waals surface area contributed by atoms with E-state index in [1.54, 1.807) is 0 Å². The van der Waals surface area contributed by atoms with Crippen molar-refractivity contribution in [2.75, 3.05) is 0 Å². The minimum absolute atomic E-state index is 0.0250. The molecule has 1 atom stereocenters. The van der Waals surface area contributed by atoms with E-state index in [0.717, 1.165) is 24.2 Å². The van der Waals surface area contributed by atoms with Crippen molar-refractivity contribution in [1.29, 1.82) is 0 Å². The first-order valence-electron chi connectivity index (χ1n) is 8.60. The van der Waals surface area contributed by atoms with E-state index in [1.165, 1.54) is 5.56 Å². The molecule has 0 spiro atoms. The predicted molar refractivity (Wildman–Crippen MR) is 98.6 cm³/mol. The van der Waals surface area contributed by atoms with Gasteiger partial charge in [-0.1, -0.05) is 60.6 Å². The molecular formula is C20H31ClO2. The zero-order chi connectivity index (χ0) is 17.8. The summed E-state index contributed by atoms with van der Waals surface area (Å²) in [4.78, 5) is 11.5. The number of hydrogen-bond acceptors (Lipinski definition) is 2. The Bertz CT molecular complexity index is 547. The molecule has 0 saturated heterocycles. The van der Waals surface area contributed by atoms with Crippen molar-refractivity contribution in [2.45, 2.75) is 84.7 Å². The summed E-state index contributed by atoms with van der Waals surface area (Å²) in [6, 6.07) is 6.36. The van der Waals surface area contributed by atoms with Gasteiger partial charge in [0, 0.05) is 5.56 Å². The lowest BCUT2D eigenvalue weighted by atomic mass is 9.76. The van der Waals surface area contributed by atoms with Crippen LogP contribution in [0.15, 0.2) is 18.2 Å². The average molecular weight is 339 g/mol. The molecule has 0 unspecified atom stereocenters. The Balaban J connectivity index is 3.38. The van der Waals surface area contributed by atoms with Gasteiger partial charge in [0.05, 0.1) is 0 Å². The van der Waals surface area contributed by atoms with Gasteiger partial charge in [0.25, 0.3) is 5.24 Å². The zero-order valence-corrected chi connectivity index (χ0v) is 16.4. The molecule has 2 nitrogen and oxygen atoms in total. The number of ether oxygens (including phenoxy) is 1. The van der Waals surface area contributed by atoms with Crippen LogP contribution in [0.25, 0.3) is 0 Å². The minimum Gasteiger partial charge on any atom is -0.481 e. The third-order valence-corrected chi connectivity index (χ3v) is 5.39. The highest BCUT2D eigenvalue weighted by atomic mass is 35.5. The van der Waals surface area contributed by atoms with Crippen LogP contribution in [0.2, 0.25) is 0 Å². The highest BCUT2D eigenvalue weighted by molar-refractivity contribution is 6.64. The molecule has 1 rings (SSSR count). The van der Waals surface area contributed by atoms with Crippen LogP contribution in [0.5, 0.6) is 5.75 Å². The van der Waals surface area contributed by atoms with E-state index in [2.05, 4.69) is 53.7 Å². The molecule has 0 fully saturated rings. The Kier molecular flexibility index (Phi) is 6.70.